The highest BCUT2D eigenvalue weighted by molar-refractivity contribution is 7.89. The second-order valence-corrected chi connectivity index (χ2v) is 10.7. The molecule has 11 heteroatoms. The number of anilines is 1. The molecule has 31 heavy (non-hydrogen) atoms. The van der Waals surface area contributed by atoms with Gasteiger partial charge >= 0.3 is 5.76 Å². The first-order valence-corrected chi connectivity index (χ1v) is 12.4. The number of carbonyl (C=O) groups excluding carboxylic acids is 1. The molecule has 1 saturated heterocycles. The Morgan fingerprint density at radius 1 is 1.32 bits per heavy atom. The van der Waals surface area contributed by atoms with E-state index in [0.717, 1.165) is 0 Å². The highest BCUT2D eigenvalue weighted by Crippen LogP contribution is 2.28. The van der Waals surface area contributed by atoms with Gasteiger partial charge in [0.05, 0.1) is 10.4 Å². The van der Waals surface area contributed by atoms with Crippen molar-refractivity contribution in [3.8, 4) is 0 Å². The van der Waals surface area contributed by atoms with Crippen molar-refractivity contribution in [3.63, 3.8) is 0 Å². The van der Waals surface area contributed by atoms with Crippen LogP contribution < -0.4 is 11.1 Å². The van der Waals surface area contributed by atoms with Crippen molar-refractivity contribution in [1.82, 2.24) is 13.9 Å². The monoisotopic (exact) mass is 464 g/mol. The van der Waals surface area contributed by atoms with Crippen LogP contribution >= 0.6 is 11.3 Å². The Balaban J connectivity index is 1.43. The van der Waals surface area contributed by atoms with Crippen molar-refractivity contribution in [1.29, 1.82) is 0 Å². The molecule has 0 radical (unpaired) electrons. The SMILES string of the molecule is CC(C)n1c(=O)oc2cc(S(=O)(=O)N3CCC(CC(=O)Nc4nccs4)CC3)ccc21. The van der Waals surface area contributed by atoms with Gasteiger partial charge in [0.1, 0.15) is 0 Å². The number of fused-ring (bicyclic) bond motifs is 1. The van der Waals surface area contributed by atoms with E-state index in [4.69, 9.17) is 4.42 Å². The van der Waals surface area contributed by atoms with Gasteiger partial charge in [-0.15, -0.1) is 11.3 Å². The van der Waals surface area contributed by atoms with E-state index in [0.29, 0.717) is 43.0 Å². The standard InChI is InChI=1S/C20H24N4O5S2/c1-13(2)24-16-4-3-15(12-17(16)29-20(24)26)31(27,28)23-8-5-14(6-9-23)11-18(25)22-19-21-7-10-30-19/h3-4,7,10,12-14H,5-6,8-9,11H2,1-2H3,(H,21,22,25). The minimum absolute atomic E-state index is 0.0944. The quantitative estimate of drug-likeness (QED) is 0.600. The van der Waals surface area contributed by atoms with E-state index in [2.05, 4.69) is 10.3 Å². The van der Waals surface area contributed by atoms with Crippen molar-refractivity contribution in [2.75, 3.05) is 18.4 Å². The van der Waals surface area contributed by atoms with Gasteiger partial charge < -0.3 is 9.73 Å². The molecule has 1 aliphatic rings. The Bertz CT molecular complexity index is 1240. The van der Waals surface area contributed by atoms with Crippen LogP contribution in [0.25, 0.3) is 11.1 Å². The molecule has 0 aliphatic carbocycles. The van der Waals surface area contributed by atoms with E-state index in [1.54, 1.807) is 17.6 Å². The molecule has 0 atom stereocenters. The highest BCUT2D eigenvalue weighted by Gasteiger charge is 2.31. The summed E-state index contributed by atoms with van der Waals surface area (Å²) in [4.78, 5) is 28.4. The number of carbonyl (C=O) groups is 1. The predicted molar refractivity (Wildman–Crippen MR) is 118 cm³/mol. The number of sulfonamides is 1. The van der Waals surface area contributed by atoms with Gasteiger partial charge in [-0.2, -0.15) is 4.31 Å². The van der Waals surface area contributed by atoms with Crippen LogP contribution in [-0.2, 0) is 14.8 Å². The van der Waals surface area contributed by atoms with Gasteiger partial charge in [-0.3, -0.25) is 9.36 Å². The van der Waals surface area contributed by atoms with Crippen LogP contribution in [0.3, 0.4) is 0 Å². The van der Waals surface area contributed by atoms with Crippen LogP contribution in [0.1, 0.15) is 39.2 Å². The summed E-state index contributed by atoms with van der Waals surface area (Å²) in [5.74, 6) is -0.491. The fraction of sp³-hybridized carbons (Fsp3) is 0.450. The lowest BCUT2D eigenvalue weighted by molar-refractivity contribution is -0.117. The third-order valence-electron chi connectivity index (χ3n) is 5.47. The smallest absolute Gasteiger partial charge is 0.408 e. The van der Waals surface area contributed by atoms with Crippen molar-refractivity contribution >= 4 is 43.5 Å². The summed E-state index contributed by atoms with van der Waals surface area (Å²) in [5.41, 5.74) is 0.831. The number of oxazole rings is 1. The van der Waals surface area contributed by atoms with Crippen LogP contribution in [0.15, 0.2) is 43.9 Å². The molecule has 4 rings (SSSR count). The molecule has 1 N–H and O–H groups in total. The van der Waals surface area contributed by atoms with Crippen molar-refractivity contribution < 1.29 is 17.6 Å². The Kier molecular flexibility index (Phi) is 6.00. The van der Waals surface area contributed by atoms with E-state index >= 15 is 0 Å². The predicted octanol–water partition coefficient (Wildman–Crippen LogP) is 3.06. The van der Waals surface area contributed by atoms with Gasteiger partial charge in [-0.05, 0) is 44.7 Å². The number of nitrogens with zero attached hydrogens (tertiary/aromatic N) is 3. The van der Waals surface area contributed by atoms with Gasteiger partial charge in [-0.25, -0.2) is 18.2 Å². The molecule has 0 bridgehead atoms. The molecule has 9 nitrogen and oxygen atoms in total. The number of hydrogen-bond acceptors (Lipinski definition) is 7. The van der Waals surface area contributed by atoms with Crippen LogP contribution in [0.4, 0.5) is 5.13 Å². The van der Waals surface area contributed by atoms with E-state index in [9.17, 15) is 18.0 Å². The van der Waals surface area contributed by atoms with Gasteiger partial charge in [0.25, 0.3) is 0 Å². The zero-order valence-corrected chi connectivity index (χ0v) is 18.9. The zero-order chi connectivity index (χ0) is 22.2. The Morgan fingerprint density at radius 3 is 2.71 bits per heavy atom. The second kappa shape index (κ2) is 8.56. The maximum atomic E-state index is 13.1. The molecule has 1 fully saturated rings. The lowest BCUT2D eigenvalue weighted by Gasteiger charge is -2.30. The van der Waals surface area contributed by atoms with E-state index < -0.39 is 15.8 Å². The minimum Gasteiger partial charge on any atom is -0.408 e. The summed E-state index contributed by atoms with van der Waals surface area (Å²) in [7, 11) is -3.72. The molecule has 0 unspecified atom stereocenters. The largest absolute Gasteiger partial charge is 0.420 e. The second-order valence-electron chi connectivity index (χ2n) is 7.90. The third-order valence-corrected chi connectivity index (χ3v) is 8.05. The van der Waals surface area contributed by atoms with Crippen molar-refractivity contribution in [2.45, 2.75) is 44.0 Å². The zero-order valence-electron chi connectivity index (χ0n) is 17.3. The van der Waals surface area contributed by atoms with Gasteiger partial charge in [0, 0.05) is 43.2 Å². The number of hydrogen-bond donors (Lipinski definition) is 1. The fourth-order valence-electron chi connectivity index (χ4n) is 3.89. The molecule has 1 amide bonds. The number of benzene rings is 1. The number of piperidine rings is 1. The lowest BCUT2D eigenvalue weighted by Crippen LogP contribution is -2.39. The van der Waals surface area contributed by atoms with Crippen molar-refractivity contribution in [2.24, 2.45) is 5.92 Å². The average molecular weight is 465 g/mol. The minimum atomic E-state index is -3.72. The van der Waals surface area contributed by atoms with E-state index in [1.807, 2.05) is 13.8 Å². The summed E-state index contributed by atoms with van der Waals surface area (Å²) in [6.07, 6.45) is 3.17. The summed E-state index contributed by atoms with van der Waals surface area (Å²) in [6, 6.07) is 4.45. The molecule has 1 aliphatic heterocycles. The topological polar surface area (TPSA) is 115 Å². The van der Waals surface area contributed by atoms with Gasteiger partial charge in [0.15, 0.2) is 10.7 Å². The molecule has 1 aromatic carbocycles. The molecule has 3 heterocycles. The summed E-state index contributed by atoms with van der Waals surface area (Å²) in [6.45, 7) is 4.41. The van der Waals surface area contributed by atoms with E-state index in [1.165, 1.54) is 32.3 Å². The Hall–Kier alpha value is -2.50. The Labute approximate surface area is 183 Å². The van der Waals surface area contributed by atoms with Gasteiger partial charge in [-0.1, -0.05) is 0 Å². The molecule has 2 aromatic heterocycles. The number of amides is 1. The Morgan fingerprint density at radius 2 is 2.06 bits per heavy atom. The summed E-state index contributed by atoms with van der Waals surface area (Å²) in [5, 5.41) is 5.13. The average Bonchev–Trinajstić information content (AvgIpc) is 3.34. The number of nitrogens with one attached hydrogen (secondary N) is 1. The van der Waals surface area contributed by atoms with Gasteiger partial charge in [0.2, 0.25) is 15.9 Å². The maximum Gasteiger partial charge on any atom is 0.420 e. The molecule has 0 saturated carbocycles. The van der Waals surface area contributed by atoms with Crippen LogP contribution in [-0.4, -0.2) is 41.3 Å². The number of thiazole rings is 1. The highest BCUT2D eigenvalue weighted by atomic mass is 32.2. The summed E-state index contributed by atoms with van der Waals surface area (Å²) >= 11 is 1.36. The molecular formula is C20H24N4O5S2. The molecule has 0 spiro atoms. The normalized spacial score (nSPS) is 16.2. The number of rotatable bonds is 6. The first-order chi connectivity index (χ1) is 14.8. The lowest BCUT2D eigenvalue weighted by atomic mass is 9.94. The summed E-state index contributed by atoms with van der Waals surface area (Å²) < 4.78 is 34.4. The molecular weight excluding hydrogens is 440 g/mol. The van der Waals surface area contributed by atoms with E-state index in [-0.39, 0.29) is 28.3 Å². The van der Waals surface area contributed by atoms with Crippen LogP contribution in [0.2, 0.25) is 0 Å². The first-order valence-electron chi connectivity index (χ1n) is 10.1. The fourth-order valence-corrected chi connectivity index (χ4v) is 5.92. The molecule has 3 aromatic rings. The van der Waals surface area contributed by atoms with Crippen molar-refractivity contribution in [3.05, 3.63) is 40.3 Å². The third kappa shape index (κ3) is 4.43. The number of aromatic nitrogens is 2. The maximum absolute atomic E-state index is 13.1. The first kappa shape index (κ1) is 21.7. The van der Waals surface area contributed by atoms with Crippen LogP contribution in [0, 0.1) is 5.92 Å². The molecule has 166 valence electrons. The van der Waals surface area contributed by atoms with Crippen LogP contribution in [0.5, 0.6) is 0 Å².